The minimum Gasteiger partial charge on any atom is -0.490 e. The van der Waals surface area contributed by atoms with Crippen LogP contribution in [0.4, 0.5) is 0 Å². The molecule has 0 spiro atoms. The van der Waals surface area contributed by atoms with Gasteiger partial charge in [0.15, 0.2) is 16.6 Å². The highest BCUT2D eigenvalue weighted by atomic mass is 32.1. The number of ether oxygens (including phenoxy) is 2. The second kappa shape index (κ2) is 9.00. The van der Waals surface area contributed by atoms with Gasteiger partial charge in [-0.2, -0.15) is 0 Å². The standard InChI is InChI=1S/C21H20N2O7S/c1-4-28-17-10-12(9-14-18(24)22(2)21(31)23(3)19(14)25)5-7-15(17)29-11-13-6-8-16(30-13)20(26)27/h5-10H,4,11H2,1-3H3,(H,26,27). The van der Waals surface area contributed by atoms with Gasteiger partial charge in [0.05, 0.1) is 6.61 Å². The summed E-state index contributed by atoms with van der Waals surface area (Å²) in [5.41, 5.74) is 0.541. The molecule has 1 aliphatic heterocycles. The quantitative estimate of drug-likeness (QED) is 0.394. The van der Waals surface area contributed by atoms with E-state index < -0.39 is 17.8 Å². The number of likely N-dealkylation sites (N-methyl/N-ethyl adjacent to an activating group) is 2. The summed E-state index contributed by atoms with van der Waals surface area (Å²) in [6, 6.07) is 7.81. The fourth-order valence-corrected chi connectivity index (χ4v) is 3.03. The van der Waals surface area contributed by atoms with Gasteiger partial charge in [-0.3, -0.25) is 19.4 Å². The third kappa shape index (κ3) is 4.58. The molecule has 1 fully saturated rings. The van der Waals surface area contributed by atoms with Gasteiger partial charge >= 0.3 is 5.97 Å². The maximum atomic E-state index is 12.5. The number of amides is 2. The molecule has 1 saturated heterocycles. The summed E-state index contributed by atoms with van der Waals surface area (Å²) in [6.45, 7) is 2.16. The van der Waals surface area contributed by atoms with E-state index in [0.29, 0.717) is 29.4 Å². The average molecular weight is 444 g/mol. The second-order valence-corrected chi connectivity index (χ2v) is 6.93. The minimum absolute atomic E-state index is 0.00219. The van der Waals surface area contributed by atoms with Crippen LogP contribution in [0.5, 0.6) is 11.5 Å². The van der Waals surface area contributed by atoms with Crippen molar-refractivity contribution in [3.63, 3.8) is 0 Å². The Bertz CT molecular complexity index is 1060. The van der Waals surface area contributed by atoms with E-state index in [-0.39, 0.29) is 23.1 Å². The predicted molar refractivity (Wildman–Crippen MR) is 114 cm³/mol. The average Bonchev–Trinajstić information content (AvgIpc) is 3.23. The van der Waals surface area contributed by atoms with Gasteiger partial charge in [0, 0.05) is 14.1 Å². The number of benzene rings is 1. The lowest BCUT2D eigenvalue weighted by molar-refractivity contribution is -0.132. The molecule has 1 N–H and O–H groups in total. The molecule has 2 heterocycles. The molecule has 1 aromatic carbocycles. The highest BCUT2D eigenvalue weighted by Gasteiger charge is 2.35. The van der Waals surface area contributed by atoms with E-state index in [1.165, 1.54) is 42.1 Å². The van der Waals surface area contributed by atoms with Crippen LogP contribution >= 0.6 is 12.2 Å². The molecule has 0 aliphatic carbocycles. The van der Waals surface area contributed by atoms with Gasteiger partial charge in [-0.1, -0.05) is 6.07 Å². The number of rotatable bonds is 7. The molecule has 0 saturated carbocycles. The summed E-state index contributed by atoms with van der Waals surface area (Å²) in [5.74, 6) is -1.18. The first-order chi connectivity index (χ1) is 14.7. The highest BCUT2D eigenvalue weighted by molar-refractivity contribution is 7.80. The number of carbonyl (C=O) groups excluding carboxylic acids is 2. The van der Waals surface area contributed by atoms with Crippen molar-refractivity contribution < 1.29 is 33.4 Å². The molecule has 3 rings (SSSR count). The SMILES string of the molecule is CCOc1cc(C=C2C(=O)N(C)C(=S)N(C)C2=O)ccc1OCc1ccc(C(=O)O)o1. The Hall–Kier alpha value is -3.66. The molecule has 0 unspecified atom stereocenters. The first-order valence-electron chi connectivity index (χ1n) is 9.26. The molecule has 162 valence electrons. The van der Waals surface area contributed by atoms with Crippen molar-refractivity contribution in [1.29, 1.82) is 0 Å². The second-order valence-electron chi connectivity index (χ2n) is 6.57. The van der Waals surface area contributed by atoms with Gasteiger partial charge in [0.1, 0.15) is 17.9 Å². The number of carbonyl (C=O) groups is 3. The molecule has 1 aromatic heterocycles. The van der Waals surface area contributed by atoms with E-state index in [1.807, 2.05) is 0 Å². The van der Waals surface area contributed by atoms with Crippen molar-refractivity contribution in [3.8, 4) is 11.5 Å². The molecular formula is C21H20N2O7S. The van der Waals surface area contributed by atoms with Crippen molar-refractivity contribution in [3.05, 3.63) is 53.0 Å². The Morgan fingerprint density at radius 2 is 1.77 bits per heavy atom. The Kier molecular flexibility index (Phi) is 6.40. The smallest absolute Gasteiger partial charge is 0.371 e. The first-order valence-corrected chi connectivity index (χ1v) is 9.67. The number of nitrogens with zero attached hydrogens (tertiary/aromatic N) is 2. The Balaban J connectivity index is 1.84. The molecule has 9 nitrogen and oxygen atoms in total. The summed E-state index contributed by atoms with van der Waals surface area (Å²) < 4.78 is 16.5. The van der Waals surface area contributed by atoms with Crippen LogP contribution < -0.4 is 9.47 Å². The lowest BCUT2D eigenvalue weighted by atomic mass is 10.1. The van der Waals surface area contributed by atoms with Gasteiger partial charge < -0.3 is 19.0 Å². The predicted octanol–water partition coefficient (Wildman–Crippen LogP) is 2.55. The van der Waals surface area contributed by atoms with E-state index in [0.717, 1.165) is 0 Å². The summed E-state index contributed by atoms with van der Waals surface area (Å²) >= 11 is 5.09. The topological polar surface area (TPSA) is 110 Å². The molecule has 2 amide bonds. The van der Waals surface area contributed by atoms with Crippen molar-refractivity contribution in [2.45, 2.75) is 13.5 Å². The molecule has 0 radical (unpaired) electrons. The molecular weight excluding hydrogens is 424 g/mol. The normalized spacial score (nSPS) is 14.2. The van der Waals surface area contributed by atoms with Gasteiger partial charge in [-0.25, -0.2) is 4.79 Å². The van der Waals surface area contributed by atoms with E-state index in [9.17, 15) is 14.4 Å². The van der Waals surface area contributed by atoms with E-state index in [1.54, 1.807) is 25.1 Å². The third-order valence-corrected chi connectivity index (χ3v) is 5.01. The number of hydrogen-bond donors (Lipinski definition) is 1. The lowest BCUT2D eigenvalue weighted by Crippen LogP contribution is -2.52. The van der Waals surface area contributed by atoms with Crippen molar-refractivity contribution in [2.24, 2.45) is 0 Å². The zero-order valence-electron chi connectivity index (χ0n) is 17.1. The fourth-order valence-electron chi connectivity index (χ4n) is 2.86. The Morgan fingerprint density at radius 1 is 1.10 bits per heavy atom. The largest absolute Gasteiger partial charge is 0.490 e. The molecule has 2 aromatic rings. The monoisotopic (exact) mass is 444 g/mol. The van der Waals surface area contributed by atoms with Crippen LogP contribution in [-0.4, -0.2) is 58.5 Å². The summed E-state index contributed by atoms with van der Waals surface area (Å²) in [6.07, 6.45) is 1.47. The number of hydrogen-bond acceptors (Lipinski definition) is 7. The van der Waals surface area contributed by atoms with Crippen molar-refractivity contribution in [2.75, 3.05) is 20.7 Å². The van der Waals surface area contributed by atoms with Crippen molar-refractivity contribution >= 4 is 41.2 Å². The Labute approximate surface area is 183 Å². The molecule has 31 heavy (non-hydrogen) atoms. The minimum atomic E-state index is -1.16. The maximum Gasteiger partial charge on any atom is 0.371 e. The number of carboxylic acid groups (broad SMARTS) is 1. The van der Waals surface area contributed by atoms with Crippen LogP contribution in [0, 0.1) is 0 Å². The zero-order chi connectivity index (χ0) is 22.7. The summed E-state index contributed by atoms with van der Waals surface area (Å²) in [7, 11) is 3.02. The van der Waals surface area contributed by atoms with Crippen LogP contribution in [0.1, 0.15) is 28.8 Å². The third-order valence-electron chi connectivity index (χ3n) is 4.46. The summed E-state index contributed by atoms with van der Waals surface area (Å²) in [5, 5.41) is 9.06. The first kappa shape index (κ1) is 22.0. The molecule has 10 heteroatoms. The highest BCUT2D eigenvalue weighted by Crippen LogP contribution is 2.31. The molecule has 0 bridgehead atoms. The fraction of sp³-hybridized carbons (Fsp3) is 0.238. The van der Waals surface area contributed by atoms with Gasteiger partial charge in [-0.05, 0) is 55.0 Å². The van der Waals surface area contributed by atoms with Crippen LogP contribution in [0.15, 0.2) is 40.3 Å². The summed E-state index contributed by atoms with van der Waals surface area (Å²) in [4.78, 5) is 38.4. The lowest BCUT2D eigenvalue weighted by Gasteiger charge is -2.31. The van der Waals surface area contributed by atoms with Crippen LogP contribution in [0.3, 0.4) is 0 Å². The van der Waals surface area contributed by atoms with Crippen LogP contribution in [0.2, 0.25) is 0 Å². The van der Waals surface area contributed by atoms with E-state index in [2.05, 4.69) is 0 Å². The zero-order valence-corrected chi connectivity index (χ0v) is 17.9. The number of thiocarbonyl (C=S) groups is 1. The molecule has 0 atom stereocenters. The van der Waals surface area contributed by atoms with Gasteiger partial charge in [0.25, 0.3) is 11.8 Å². The number of furan rings is 1. The molecule has 1 aliphatic rings. The van der Waals surface area contributed by atoms with E-state index >= 15 is 0 Å². The van der Waals surface area contributed by atoms with Gasteiger partial charge in [0.2, 0.25) is 5.76 Å². The van der Waals surface area contributed by atoms with Crippen LogP contribution in [-0.2, 0) is 16.2 Å². The van der Waals surface area contributed by atoms with E-state index in [4.69, 9.17) is 31.2 Å². The Morgan fingerprint density at radius 3 is 2.35 bits per heavy atom. The maximum absolute atomic E-state index is 12.5. The van der Waals surface area contributed by atoms with Gasteiger partial charge in [-0.15, -0.1) is 0 Å². The number of aromatic carboxylic acids is 1. The number of carboxylic acids is 1. The van der Waals surface area contributed by atoms with Crippen LogP contribution in [0.25, 0.3) is 6.08 Å². The van der Waals surface area contributed by atoms with Crippen molar-refractivity contribution in [1.82, 2.24) is 9.80 Å².